The van der Waals surface area contributed by atoms with Crippen molar-refractivity contribution in [2.24, 2.45) is 0 Å². The van der Waals surface area contributed by atoms with Gasteiger partial charge in [0.15, 0.2) is 15.0 Å². The summed E-state index contributed by atoms with van der Waals surface area (Å²) in [4.78, 5) is 31.9. The highest BCUT2D eigenvalue weighted by atomic mass is 32.2. The molecule has 2 aromatic carbocycles. The highest BCUT2D eigenvalue weighted by Crippen LogP contribution is 2.22. The van der Waals surface area contributed by atoms with E-state index in [1.54, 1.807) is 43.4 Å². The topological polar surface area (TPSA) is 89.3 Å². The Kier molecular flexibility index (Phi) is 6.34. The predicted molar refractivity (Wildman–Crippen MR) is 122 cm³/mol. The third kappa shape index (κ3) is 4.86. The Morgan fingerprint density at radius 3 is 2.62 bits per heavy atom. The van der Waals surface area contributed by atoms with Crippen LogP contribution in [0.25, 0.3) is 10.9 Å². The summed E-state index contributed by atoms with van der Waals surface area (Å²) < 4.78 is 38.2. The molecule has 0 saturated carbocycles. The number of sulfone groups is 1. The molecule has 1 atom stereocenters. The first-order chi connectivity index (χ1) is 15.2. The molecule has 1 aromatic heterocycles. The molecule has 1 unspecified atom stereocenters. The van der Waals surface area contributed by atoms with Gasteiger partial charge in [-0.15, -0.1) is 0 Å². The second-order valence-corrected chi connectivity index (χ2v) is 11.0. The standard InChI is InChI=1S/C22H22FN3O4S2/c1-25(17-10-11-32(29,30)14-17)20(27)13-31-22-24-19-5-3-2-4-18(19)21(28)26(22)12-15-6-8-16(23)9-7-15/h2-9,17H,10-14H2,1H3. The SMILES string of the molecule is CN(C(=O)CSc1nc2ccccc2c(=O)n1Cc1ccc(F)cc1)C1CCS(=O)(=O)C1. The van der Waals surface area contributed by atoms with E-state index in [2.05, 4.69) is 4.98 Å². The molecule has 10 heteroatoms. The molecule has 1 fully saturated rings. The number of hydrogen-bond donors (Lipinski definition) is 0. The number of hydrogen-bond acceptors (Lipinski definition) is 6. The molecule has 0 aliphatic carbocycles. The van der Waals surface area contributed by atoms with Crippen molar-refractivity contribution < 1.29 is 17.6 Å². The molecule has 32 heavy (non-hydrogen) atoms. The van der Waals surface area contributed by atoms with E-state index in [0.717, 1.165) is 17.3 Å². The number of carbonyl (C=O) groups is 1. The number of thioether (sulfide) groups is 1. The summed E-state index contributed by atoms with van der Waals surface area (Å²) in [5.41, 5.74) is 1.01. The maximum Gasteiger partial charge on any atom is 0.262 e. The third-order valence-corrected chi connectivity index (χ3v) is 8.27. The second kappa shape index (κ2) is 9.03. The predicted octanol–water partition coefficient (Wildman–Crippen LogP) is 2.32. The number of fused-ring (bicyclic) bond motifs is 1. The quantitative estimate of drug-likeness (QED) is 0.402. The van der Waals surface area contributed by atoms with Crippen LogP contribution in [0.4, 0.5) is 4.39 Å². The van der Waals surface area contributed by atoms with Gasteiger partial charge in [-0.25, -0.2) is 17.8 Å². The Bertz CT molecular complexity index is 1320. The Hall–Kier alpha value is -2.72. The Balaban J connectivity index is 1.60. The van der Waals surface area contributed by atoms with E-state index in [-0.39, 0.29) is 47.1 Å². The van der Waals surface area contributed by atoms with Crippen molar-refractivity contribution in [1.29, 1.82) is 0 Å². The van der Waals surface area contributed by atoms with Gasteiger partial charge < -0.3 is 4.90 Å². The van der Waals surface area contributed by atoms with Crippen molar-refractivity contribution in [1.82, 2.24) is 14.5 Å². The molecule has 4 rings (SSSR count). The monoisotopic (exact) mass is 475 g/mol. The van der Waals surface area contributed by atoms with E-state index in [4.69, 9.17) is 0 Å². The normalized spacial score (nSPS) is 17.5. The highest BCUT2D eigenvalue weighted by Gasteiger charge is 2.32. The van der Waals surface area contributed by atoms with Crippen LogP contribution < -0.4 is 5.56 Å². The van der Waals surface area contributed by atoms with E-state index in [1.165, 1.54) is 21.6 Å². The van der Waals surface area contributed by atoms with Gasteiger partial charge in [-0.3, -0.25) is 14.2 Å². The van der Waals surface area contributed by atoms with Gasteiger partial charge in [0.1, 0.15) is 5.82 Å². The molecule has 2 heterocycles. The lowest BCUT2D eigenvalue weighted by Crippen LogP contribution is -2.39. The van der Waals surface area contributed by atoms with E-state index in [0.29, 0.717) is 22.5 Å². The summed E-state index contributed by atoms with van der Waals surface area (Å²) in [6.45, 7) is 0.185. The number of nitrogens with zero attached hydrogens (tertiary/aromatic N) is 3. The smallest absolute Gasteiger partial charge is 0.262 e. The molecule has 1 amide bonds. The van der Waals surface area contributed by atoms with Gasteiger partial charge in [-0.2, -0.15) is 0 Å². The largest absolute Gasteiger partial charge is 0.341 e. The summed E-state index contributed by atoms with van der Waals surface area (Å²) in [6.07, 6.45) is 0.429. The third-order valence-electron chi connectivity index (χ3n) is 5.55. The van der Waals surface area contributed by atoms with Crippen LogP contribution in [0.1, 0.15) is 12.0 Å². The van der Waals surface area contributed by atoms with E-state index < -0.39 is 9.84 Å². The van der Waals surface area contributed by atoms with Crippen LogP contribution in [0.2, 0.25) is 0 Å². The van der Waals surface area contributed by atoms with Crippen LogP contribution in [-0.2, 0) is 21.2 Å². The van der Waals surface area contributed by atoms with Crippen LogP contribution >= 0.6 is 11.8 Å². The van der Waals surface area contributed by atoms with Gasteiger partial charge in [-0.05, 0) is 36.2 Å². The first kappa shape index (κ1) is 22.5. The lowest BCUT2D eigenvalue weighted by atomic mass is 10.2. The number of amides is 1. The van der Waals surface area contributed by atoms with Gasteiger partial charge >= 0.3 is 0 Å². The maximum atomic E-state index is 13.3. The fraction of sp³-hybridized carbons (Fsp3) is 0.318. The van der Waals surface area contributed by atoms with Crippen molar-refractivity contribution in [3.63, 3.8) is 0 Å². The zero-order valence-electron chi connectivity index (χ0n) is 17.4. The fourth-order valence-corrected chi connectivity index (χ4v) is 6.38. The molecule has 1 aliphatic heterocycles. The molecule has 168 valence electrons. The lowest BCUT2D eigenvalue weighted by molar-refractivity contribution is -0.128. The lowest BCUT2D eigenvalue weighted by Gasteiger charge is -2.23. The number of para-hydroxylation sites is 1. The van der Waals surface area contributed by atoms with Crippen molar-refractivity contribution in [2.75, 3.05) is 24.3 Å². The summed E-state index contributed by atoms with van der Waals surface area (Å²) in [5, 5.41) is 0.831. The second-order valence-electron chi connectivity index (χ2n) is 7.78. The molecule has 0 bridgehead atoms. The van der Waals surface area contributed by atoms with Gasteiger partial charge in [0, 0.05) is 13.1 Å². The number of carbonyl (C=O) groups excluding carboxylic acids is 1. The van der Waals surface area contributed by atoms with E-state index >= 15 is 0 Å². The molecular weight excluding hydrogens is 453 g/mol. The fourth-order valence-electron chi connectivity index (χ4n) is 3.68. The Morgan fingerprint density at radius 2 is 1.94 bits per heavy atom. The van der Waals surface area contributed by atoms with Crippen LogP contribution in [0.15, 0.2) is 58.5 Å². The molecular formula is C22H22FN3O4S2. The van der Waals surface area contributed by atoms with Crippen molar-refractivity contribution in [3.8, 4) is 0 Å². The molecule has 1 saturated heterocycles. The summed E-state index contributed by atoms with van der Waals surface area (Å²) in [7, 11) is -1.50. The van der Waals surface area contributed by atoms with Crippen LogP contribution in [0.3, 0.4) is 0 Å². The number of rotatable bonds is 6. The van der Waals surface area contributed by atoms with Crippen LogP contribution in [0, 0.1) is 5.82 Å². The van der Waals surface area contributed by atoms with Gasteiger partial charge in [0.25, 0.3) is 5.56 Å². The number of benzene rings is 2. The van der Waals surface area contributed by atoms with Gasteiger partial charge in [0.2, 0.25) is 5.91 Å². The average Bonchev–Trinajstić information content (AvgIpc) is 3.14. The first-order valence-corrected chi connectivity index (χ1v) is 12.9. The minimum atomic E-state index is -3.10. The average molecular weight is 476 g/mol. The van der Waals surface area contributed by atoms with Crippen LogP contribution in [0.5, 0.6) is 0 Å². The first-order valence-electron chi connectivity index (χ1n) is 10.1. The molecule has 0 N–H and O–H groups in total. The van der Waals surface area contributed by atoms with Crippen LogP contribution in [-0.4, -0.2) is 59.1 Å². The number of halogens is 1. The zero-order valence-corrected chi connectivity index (χ0v) is 19.0. The highest BCUT2D eigenvalue weighted by molar-refractivity contribution is 7.99. The maximum absolute atomic E-state index is 13.3. The Morgan fingerprint density at radius 1 is 1.22 bits per heavy atom. The number of aromatic nitrogens is 2. The van der Waals surface area contributed by atoms with Gasteiger partial charge in [0.05, 0.1) is 34.7 Å². The van der Waals surface area contributed by atoms with Gasteiger partial charge in [-0.1, -0.05) is 36.0 Å². The Labute approximate surface area is 189 Å². The van der Waals surface area contributed by atoms with E-state index in [1.807, 2.05) is 0 Å². The molecule has 3 aromatic rings. The molecule has 1 aliphatic rings. The van der Waals surface area contributed by atoms with E-state index in [9.17, 15) is 22.4 Å². The molecule has 7 nitrogen and oxygen atoms in total. The minimum Gasteiger partial charge on any atom is -0.341 e. The van der Waals surface area contributed by atoms with Crippen molar-refractivity contribution in [2.45, 2.75) is 24.2 Å². The molecule has 0 spiro atoms. The zero-order chi connectivity index (χ0) is 22.9. The summed E-state index contributed by atoms with van der Waals surface area (Å²) in [6, 6.07) is 12.5. The minimum absolute atomic E-state index is 0.0151. The van der Waals surface area contributed by atoms with Crippen molar-refractivity contribution >= 4 is 38.4 Å². The summed E-state index contributed by atoms with van der Waals surface area (Å²) in [5.74, 6) is -0.515. The van der Waals surface area contributed by atoms with Crippen molar-refractivity contribution in [3.05, 3.63) is 70.3 Å². The molecule has 0 radical (unpaired) electrons. The summed E-state index contributed by atoms with van der Waals surface area (Å²) >= 11 is 1.13.